The molecule has 0 aromatic heterocycles. The van der Waals surface area contributed by atoms with Gasteiger partial charge in [-0.2, -0.15) is 0 Å². The number of anilines is 1. The average Bonchev–Trinajstić information content (AvgIpc) is 2.15. The molecule has 0 aliphatic heterocycles. The van der Waals surface area contributed by atoms with Crippen LogP contribution in [-0.2, 0) is 0 Å². The number of nitrogens with zero attached hydrogens (tertiary/aromatic N) is 1. The summed E-state index contributed by atoms with van der Waals surface area (Å²) < 4.78 is 39.0. The molecule has 0 saturated carbocycles. The Morgan fingerprint density at radius 3 is 2.19 bits per heavy atom. The lowest BCUT2D eigenvalue weighted by atomic mass is 10.3. The van der Waals surface area contributed by atoms with E-state index in [0.717, 1.165) is 17.0 Å². The molecule has 0 fully saturated rings. The van der Waals surface area contributed by atoms with E-state index in [1.54, 1.807) is 0 Å². The van der Waals surface area contributed by atoms with Gasteiger partial charge in [-0.15, -0.1) is 13.2 Å². The van der Waals surface area contributed by atoms with Gasteiger partial charge >= 0.3 is 12.5 Å². The molecule has 0 heterocycles. The molecule has 0 bridgehead atoms. The largest absolute Gasteiger partial charge is 0.573 e. The second-order valence-corrected chi connectivity index (χ2v) is 2.88. The molecule has 7 heteroatoms. The molecular weight excluding hydrogens is 227 g/mol. The molecule has 4 nitrogen and oxygen atoms in total. The summed E-state index contributed by atoms with van der Waals surface area (Å²) in [6.07, 6.45) is -5.95. The summed E-state index contributed by atoms with van der Waals surface area (Å²) in [6, 6.07) is 4.52. The summed E-state index contributed by atoms with van der Waals surface area (Å²) >= 11 is 0. The van der Waals surface area contributed by atoms with Crippen LogP contribution in [0.15, 0.2) is 24.3 Å². The van der Waals surface area contributed by atoms with E-state index in [-0.39, 0.29) is 5.69 Å². The van der Waals surface area contributed by atoms with Crippen molar-refractivity contribution in [1.82, 2.24) is 0 Å². The molecule has 1 amide bonds. The fraction of sp³-hybridized carbons (Fsp3) is 0.222. The Labute approximate surface area is 88.9 Å². The molecule has 0 aliphatic carbocycles. The Balaban J connectivity index is 2.79. The van der Waals surface area contributed by atoms with Gasteiger partial charge in [0.25, 0.3) is 0 Å². The van der Waals surface area contributed by atoms with Crippen LogP contribution < -0.4 is 9.64 Å². The fourth-order valence-corrected chi connectivity index (χ4v) is 0.982. The summed E-state index contributed by atoms with van der Waals surface area (Å²) in [5.74, 6) is -0.393. The molecule has 16 heavy (non-hydrogen) atoms. The predicted octanol–water partition coefficient (Wildman–Crippen LogP) is 2.70. The van der Waals surface area contributed by atoms with Crippen LogP contribution in [0.3, 0.4) is 0 Å². The van der Waals surface area contributed by atoms with Crippen molar-refractivity contribution in [1.29, 1.82) is 0 Å². The van der Waals surface area contributed by atoms with E-state index in [0.29, 0.717) is 0 Å². The van der Waals surface area contributed by atoms with E-state index >= 15 is 0 Å². The maximum Gasteiger partial charge on any atom is 0.573 e. The van der Waals surface area contributed by atoms with Crippen LogP contribution in [0.5, 0.6) is 5.75 Å². The number of rotatable bonds is 2. The number of carboxylic acid groups (broad SMARTS) is 1. The number of carbonyl (C=O) groups is 1. The summed E-state index contributed by atoms with van der Waals surface area (Å²) in [7, 11) is 1.28. The van der Waals surface area contributed by atoms with Crippen LogP contribution in [0, 0.1) is 0 Å². The number of benzene rings is 1. The fourth-order valence-electron chi connectivity index (χ4n) is 0.982. The Morgan fingerprint density at radius 2 is 1.81 bits per heavy atom. The van der Waals surface area contributed by atoms with E-state index in [1.807, 2.05) is 0 Å². The molecule has 1 rings (SSSR count). The smallest absolute Gasteiger partial charge is 0.465 e. The molecule has 0 saturated heterocycles. The number of halogens is 3. The van der Waals surface area contributed by atoms with Crippen LogP contribution >= 0.6 is 0 Å². The van der Waals surface area contributed by atoms with Crippen molar-refractivity contribution in [2.75, 3.05) is 11.9 Å². The van der Waals surface area contributed by atoms with Crippen molar-refractivity contribution >= 4 is 11.8 Å². The molecule has 0 radical (unpaired) electrons. The summed E-state index contributed by atoms with van der Waals surface area (Å²) in [6.45, 7) is 0. The van der Waals surface area contributed by atoms with Crippen molar-refractivity contribution in [2.45, 2.75) is 6.36 Å². The standard InChI is InChI=1S/C9H8F3NO3/c1-13(8(14)15)6-2-4-7(5-3-6)16-9(10,11)12/h2-5H,1H3,(H,14,15). The average molecular weight is 235 g/mol. The van der Waals surface area contributed by atoms with Crippen LogP contribution in [0.1, 0.15) is 0 Å². The minimum Gasteiger partial charge on any atom is -0.465 e. The van der Waals surface area contributed by atoms with E-state index in [9.17, 15) is 18.0 Å². The van der Waals surface area contributed by atoms with Crippen LogP contribution in [-0.4, -0.2) is 24.6 Å². The van der Waals surface area contributed by atoms with Gasteiger partial charge in [0.05, 0.1) is 0 Å². The summed E-state index contributed by atoms with van der Waals surface area (Å²) in [4.78, 5) is 11.4. The van der Waals surface area contributed by atoms with Crippen molar-refractivity contribution < 1.29 is 27.8 Å². The van der Waals surface area contributed by atoms with Crippen LogP contribution in [0.25, 0.3) is 0 Å². The highest BCUT2D eigenvalue weighted by Crippen LogP contribution is 2.24. The van der Waals surface area contributed by atoms with Crippen LogP contribution in [0.4, 0.5) is 23.7 Å². The first-order valence-corrected chi connectivity index (χ1v) is 4.12. The minimum absolute atomic E-state index is 0.252. The lowest BCUT2D eigenvalue weighted by molar-refractivity contribution is -0.274. The SMILES string of the molecule is CN(C(=O)O)c1ccc(OC(F)(F)F)cc1. The van der Waals surface area contributed by atoms with Gasteiger partial charge in [0.2, 0.25) is 0 Å². The zero-order valence-electron chi connectivity index (χ0n) is 8.15. The maximum atomic E-state index is 11.8. The highest BCUT2D eigenvalue weighted by atomic mass is 19.4. The Bertz CT molecular complexity index is 375. The number of amides is 1. The third-order valence-corrected chi connectivity index (χ3v) is 1.74. The van der Waals surface area contributed by atoms with Gasteiger partial charge in [-0.25, -0.2) is 4.79 Å². The van der Waals surface area contributed by atoms with E-state index in [1.165, 1.54) is 19.2 Å². The third kappa shape index (κ3) is 3.34. The lowest BCUT2D eigenvalue weighted by Crippen LogP contribution is -2.23. The molecule has 0 atom stereocenters. The molecule has 88 valence electrons. The number of ether oxygens (including phenoxy) is 1. The second kappa shape index (κ2) is 4.30. The highest BCUT2D eigenvalue weighted by molar-refractivity contribution is 5.85. The molecule has 0 spiro atoms. The molecule has 1 N–H and O–H groups in total. The number of alkyl halides is 3. The maximum absolute atomic E-state index is 11.8. The third-order valence-electron chi connectivity index (χ3n) is 1.74. The van der Waals surface area contributed by atoms with E-state index < -0.39 is 18.2 Å². The van der Waals surface area contributed by atoms with E-state index in [4.69, 9.17) is 5.11 Å². The second-order valence-electron chi connectivity index (χ2n) is 2.88. The van der Waals surface area contributed by atoms with Gasteiger partial charge in [0.15, 0.2) is 0 Å². The quantitative estimate of drug-likeness (QED) is 0.857. The van der Waals surface area contributed by atoms with Crippen molar-refractivity contribution in [2.24, 2.45) is 0 Å². The topological polar surface area (TPSA) is 49.8 Å². The summed E-state index contributed by atoms with van der Waals surface area (Å²) in [5, 5.41) is 8.61. The predicted molar refractivity (Wildman–Crippen MR) is 49.6 cm³/mol. The Morgan fingerprint density at radius 1 is 1.31 bits per heavy atom. The zero-order chi connectivity index (χ0) is 12.3. The van der Waals surface area contributed by atoms with Crippen molar-refractivity contribution in [3.05, 3.63) is 24.3 Å². The number of hydrogen-bond acceptors (Lipinski definition) is 2. The molecule has 0 aliphatic rings. The molecular formula is C9H8F3NO3. The molecule has 0 unspecified atom stereocenters. The van der Waals surface area contributed by atoms with Gasteiger partial charge in [-0.1, -0.05) is 0 Å². The zero-order valence-corrected chi connectivity index (χ0v) is 8.15. The monoisotopic (exact) mass is 235 g/mol. The van der Waals surface area contributed by atoms with Crippen molar-refractivity contribution in [3.8, 4) is 5.75 Å². The van der Waals surface area contributed by atoms with Gasteiger partial charge in [-0.3, -0.25) is 4.90 Å². The molecule has 1 aromatic rings. The lowest BCUT2D eigenvalue weighted by Gasteiger charge is -2.14. The number of hydrogen-bond donors (Lipinski definition) is 1. The summed E-state index contributed by atoms with van der Waals surface area (Å²) in [5.41, 5.74) is 0.252. The Hall–Kier alpha value is -1.92. The van der Waals surface area contributed by atoms with Gasteiger partial charge < -0.3 is 9.84 Å². The first-order chi connectivity index (χ1) is 7.29. The van der Waals surface area contributed by atoms with Gasteiger partial charge in [-0.05, 0) is 24.3 Å². The van der Waals surface area contributed by atoms with Gasteiger partial charge in [0, 0.05) is 12.7 Å². The first-order valence-electron chi connectivity index (χ1n) is 4.12. The van der Waals surface area contributed by atoms with E-state index in [2.05, 4.69) is 4.74 Å². The normalized spacial score (nSPS) is 11.0. The Kier molecular flexibility index (Phi) is 3.26. The minimum atomic E-state index is -4.75. The van der Waals surface area contributed by atoms with Gasteiger partial charge in [0.1, 0.15) is 5.75 Å². The molecule has 1 aromatic carbocycles. The van der Waals surface area contributed by atoms with Crippen LogP contribution in [0.2, 0.25) is 0 Å². The van der Waals surface area contributed by atoms with Crippen molar-refractivity contribution in [3.63, 3.8) is 0 Å². The first kappa shape index (κ1) is 12.2. The highest BCUT2D eigenvalue weighted by Gasteiger charge is 2.31.